The van der Waals surface area contributed by atoms with Gasteiger partial charge in [-0.3, -0.25) is 5.41 Å². The van der Waals surface area contributed by atoms with Gasteiger partial charge in [0.15, 0.2) is 0 Å². The maximum atomic E-state index is 8.02. The van der Waals surface area contributed by atoms with Gasteiger partial charge in [-0.05, 0) is 30.5 Å². The first-order valence-electron chi connectivity index (χ1n) is 8.90. The Kier molecular flexibility index (Phi) is 10.2. The second-order valence-electron chi connectivity index (χ2n) is 6.24. The topological polar surface area (TPSA) is 65.5 Å². The number of guanidine groups is 1. The summed E-state index contributed by atoms with van der Waals surface area (Å²) in [6.45, 7) is 3.09. The van der Waals surface area contributed by atoms with Crippen molar-refractivity contribution in [2.45, 2.75) is 58.3 Å². The molecule has 0 saturated heterocycles. The van der Waals surface area contributed by atoms with Crippen molar-refractivity contribution in [1.29, 1.82) is 5.41 Å². The van der Waals surface area contributed by atoms with Gasteiger partial charge >= 0.3 is 0 Å². The molecule has 0 amide bonds. The number of aliphatic imine (C=N–C) groups is 1. The molecule has 0 aliphatic carbocycles. The molecule has 134 valence electrons. The van der Waals surface area contributed by atoms with Crippen LogP contribution in [0.5, 0.6) is 0 Å². The minimum absolute atomic E-state index is 0.247. The van der Waals surface area contributed by atoms with E-state index in [0.29, 0.717) is 12.3 Å². The molecule has 0 unspecified atom stereocenters. The molecule has 0 fully saturated rings. The lowest BCUT2D eigenvalue weighted by Gasteiger charge is -2.17. The summed E-state index contributed by atoms with van der Waals surface area (Å²) in [5.74, 6) is 0.752. The highest BCUT2D eigenvalue weighted by Gasteiger charge is 2.04. The Balaban J connectivity index is 2.27. The molecule has 0 atom stereocenters. The summed E-state index contributed by atoms with van der Waals surface area (Å²) in [7, 11) is 1.91. The molecule has 1 aromatic rings. The highest BCUT2D eigenvalue weighted by atomic mass is 35.5. The zero-order valence-electron chi connectivity index (χ0n) is 15.0. The minimum Gasteiger partial charge on any atom is -0.387 e. The lowest BCUT2D eigenvalue weighted by atomic mass is 10.1. The number of nitrogens with two attached hydrogens (primary N) is 1. The van der Waals surface area contributed by atoms with Gasteiger partial charge in [-0.25, -0.2) is 4.99 Å². The van der Waals surface area contributed by atoms with Crippen LogP contribution in [0, 0.1) is 5.41 Å². The third-order valence-electron chi connectivity index (χ3n) is 4.04. The van der Waals surface area contributed by atoms with Gasteiger partial charge in [0.1, 0.15) is 5.84 Å². The molecule has 0 spiro atoms. The van der Waals surface area contributed by atoms with Gasteiger partial charge in [0, 0.05) is 25.0 Å². The number of benzene rings is 1. The summed E-state index contributed by atoms with van der Waals surface area (Å²) in [6.07, 6.45) is 8.95. The molecular formula is C19H31ClN4. The quantitative estimate of drug-likeness (QED) is 0.359. The Bertz CT molecular complexity index is 511. The number of amidine groups is 1. The van der Waals surface area contributed by atoms with E-state index in [9.17, 15) is 0 Å². The summed E-state index contributed by atoms with van der Waals surface area (Å²) in [6, 6.07) is 7.73. The first-order valence-corrected chi connectivity index (χ1v) is 9.28. The Labute approximate surface area is 151 Å². The Morgan fingerprint density at radius 3 is 2.42 bits per heavy atom. The molecule has 1 aromatic carbocycles. The SMILES string of the molecule is CCCCCCCCN(C)C(=N)N=C(N)CCc1ccc(Cl)cc1. The first-order chi connectivity index (χ1) is 11.5. The van der Waals surface area contributed by atoms with Crippen LogP contribution in [0.25, 0.3) is 0 Å². The van der Waals surface area contributed by atoms with E-state index in [0.717, 1.165) is 24.4 Å². The predicted molar refractivity (Wildman–Crippen MR) is 105 cm³/mol. The second-order valence-corrected chi connectivity index (χ2v) is 6.68. The Hall–Kier alpha value is -1.55. The van der Waals surface area contributed by atoms with Crippen LogP contribution in [0.3, 0.4) is 0 Å². The van der Waals surface area contributed by atoms with Crippen molar-refractivity contribution in [3.05, 3.63) is 34.9 Å². The van der Waals surface area contributed by atoms with Crippen LogP contribution in [0.15, 0.2) is 29.3 Å². The van der Waals surface area contributed by atoms with Crippen LogP contribution in [0.1, 0.15) is 57.4 Å². The second kappa shape index (κ2) is 11.9. The smallest absolute Gasteiger partial charge is 0.219 e. The molecule has 3 N–H and O–H groups in total. The lowest BCUT2D eigenvalue weighted by Crippen LogP contribution is -2.28. The van der Waals surface area contributed by atoms with Crippen molar-refractivity contribution in [1.82, 2.24) is 4.90 Å². The molecule has 4 nitrogen and oxygen atoms in total. The van der Waals surface area contributed by atoms with E-state index in [4.69, 9.17) is 22.7 Å². The molecule has 0 saturated carbocycles. The van der Waals surface area contributed by atoms with Gasteiger partial charge in [0.05, 0.1) is 0 Å². The van der Waals surface area contributed by atoms with Crippen LogP contribution >= 0.6 is 11.6 Å². The highest BCUT2D eigenvalue weighted by molar-refractivity contribution is 6.30. The molecule has 0 heterocycles. The molecule has 0 aliphatic rings. The van der Waals surface area contributed by atoms with E-state index in [1.165, 1.54) is 37.7 Å². The minimum atomic E-state index is 0.247. The molecule has 24 heavy (non-hydrogen) atoms. The normalized spacial score (nSPS) is 11.5. The number of unbranched alkanes of at least 4 members (excludes halogenated alkanes) is 5. The fourth-order valence-corrected chi connectivity index (χ4v) is 2.56. The van der Waals surface area contributed by atoms with Crippen LogP contribution in [0.4, 0.5) is 0 Å². The van der Waals surface area contributed by atoms with Crippen molar-refractivity contribution in [2.75, 3.05) is 13.6 Å². The van der Waals surface area contributed by atoms with Gasteiger partial charge in [-0.2, -0.15) is 0 Å². The highest BCUT2D eigenvalue weighted by Crippen LogP contribution is 2.11. The van der Waals surface area contributed by atoms with Crippen LogP contribution in [0.2, 0.25) is 5.02 Å². The molecule has 5 heteroatoms. The fourth-order valence-electron chi connectivity index (χ4n) is 2.44. The van der Waals surface area contributed by atoms with Crippen molar-refractivity contribution in [2.24, 2.45) is 10.7 Å². The number of hydrogen-bond acceptors (Lipinski definition) is 1. The number of rotatable bonds is 10. The molecular weight excluding hydrogens is 320 g/mol. The molecule has 0 radical (unpaired) electrons. The summed E-state index contributed by atoms with van der Waals surface area (Å²) in [5, 5.41) is 8.76. The number of nitrogens with zero attached hydrogens (tertiary/aromatic N) is 2. The molecule has 0 aliphatic heterocycles. The lowest BCUT2D eigenvalue weighted by molar-refractivity contribution is 0.460. The summed E-state index contributed by atoms with van der Waals surface area (Å²) in [4.78, 5) is 6.09. The van der Waals surface area contributed by atoms with Gasteiger partial charge in [-0.15, -0.1) is 0 Å². The number of hydrogen-bond donors (Lipinski definition) is 2. The Morgan fingerprint density at radius 2 is 1.75 bits per heavy atom. The van der Waals surface area contributed by atoms with E-state index in [1.807, 2.05) is 36.2 Å². The third kappa shape index (κ3) is 8.92. The summed E-state index contributed by atoms with van der Waals surface area (Å²) in [5.41, 5.74) is 7.13. The zero-order valence-corrected chi connectivity index (χ0v) is 15.8. The zero-order chi connectivity index (χ0) is 17.8. The van der Waals surface area contributed by atoms with Gasteiger partial charge < -0.3 is 10.6 Å². The van der Waals surface area contributed by atoms with E-state index < -0.39 is 0 Å². The average molecular weight is 351 g/mol. The monoisotopic (exact) mass is 350 g/mol. The van der Waals surface area contributed by atoms with E-state index >= 15 is 0 Å². The van der Waals surface area contributed by atoms with Gasteiger partial charge in [0.25, 0.3) is 0 Å². The Morgan fingerprint density at radius 1 is 1.12 bits per heavy atom. The van der Waals surface area contributed by atoms with Crippen molar-refractivity contribution < 1.29 is 0 Å². The fraction of sp³-hybridized carbons (Fsp3) is 0.579. The third-order valence-corrected chi connectivity index (χ3v) is 4.29. The number of aryl methyl sites for hydroxylation is 1. The van der Waals surface area contributed by atoms with Crippen LogP contribution in [-0.2, 0) is 6.42 Å². The van der Waals surface area contributed by atoms with E-state index in [-0.39, 0.29) is 5.96 Å². The standard InChI is InChI=1S/C19H31ClN4/c1-3-4-5-6-7-8-15-24(2)19(22)23-18(21)14-11-16-9-12-17(20)13-10-16/h9-10,12-13H,3-8,11,14-15H2,1-2H3,(H3,21,22,23). The summed E-state index contributed by atoms with van der Waals surface area (Å²) < 4.78 is 0. The maximum absolute atomic E-state index is 8.02. The van der Waals surface area contributed by atoms with Crippen molar-refractivity contribution >= 4 is 23.4 Å². The van der Waals surface area contributed by atoms with Gasteiger partial charge in [-0.1, -0.05) is 62.8 Å². The molecule has 0 aromatic heterocycles. The first kappa shape index (κ1) is 20.5. The van der Waals surface area contributed by atoms with Crippen LogP contribution in [-0.4, -0.2) is 30.3 Å². The largest absolute Gasteiger partial charge is 0.387 e. The summed E-state index contributed by atoms with van der Waals surface area (Å²) >= 11 is 5.87. The van der Waals surface area contributed by atoms with Crippen molar-refractivity contribution in [3.63, 3.8) is 0 Å². The van der Waals surface area contributed by atoms with Crippen molar-refractivity contribution in [3.8, 4) is 0 Å². The number of halogens is 1. The molecule has 1 rings (SSSR count). The van der Waals surface area contributed by atoms with E-state index in [1.54, 1.807) is 0 Å². The van der Waals surface area contributed by atoms with Gasteiger partial charge in [0.2, 0.25) is 5.96 Å². The van der Waals surface area contributed by atoms with E-state index in [2.05, 4.69) is 11.9 Å². The average Bonchev–Trinajstić information content (AvgIpc) is 2.57. The molecule has 0 bridgehead atoms. The van der Waals surface area contributed by atoms with Crippen LogP contribution < -0.4 is 5.73 Å². The predicted octanol–water partition coefficient (Wildman–Crippen LogP) is 4.86. The maximum Gasteiger partial charge on any atom is 0.219 e. The number of nitrogens with one attached hydrogen (secondary N) is 1.